The summed E-state index contributed by atoms with van der Waals surface area (Å²) in [6, 6.07) is 9.48. The van der Waals surface area contributed by atoms with Crippen LogP contribution in [0, 0.1) is 0 Å². The van der Waals surface area contributed by atoms with Gasteiger partial charge in [0.15, 0.2) is 0 Å². The van der Waals surface area contributed by atoms with E-state index in [0.29, 0.717) is 6.10 Å². The molecule has 0 radical (unpaired) electrons. The van der Waals surface area contributed by atoms with Crippen molar-refractivity contribution >= 4 is 5.91 Å². The van der Waals surface area contributed by atoms with E-state index in [4.69, 9.17) is 4.74 Å². The van der Waals surface area contributed by atoms with E-state index in [1.807, 2.05) is 42.2 Å². The van der Waals surface area contributed by atoms with Crippen LogP contribution in [0.15, 0.2) is 30.3 Å². The maximum atomic E-state index is 12.1. The summed E-state index contributed by atoms with van der Waals surface area (Å²) in [5.41, 5.74) is 0.780. The highest BCUT2D eigenvalue weighted by molar-refractivity contribution is 5.94. The summed E-state index contributed by atoms with van der Waals surface area (Å²) >= 11 is 0. The Kier molecular flexibility index (Phi) is 4.15. The summed E-state index contributed by atoms with van der Waals surface area (Å²) < 4.78 is 5.58. The molecule has 2 rings (SSSR count). The van der Waals surface area contributed by atoms with Gasteiger partial charge in [0.05, 0.1) is 6.10 Å². The largest absolute Gasteiger partial charge is 0.378 e. The maximum absolute atomic E-state index is 12.1. The Morgan fingerprint density at radius 1 is 1.29 bits per heavy atom. The first-order valence-corrected chi connectivity index (χ1v) is 6.27. The molecule has 0 aliphatic carbocycles. The number of likely N-dealkylation sites (tertiary alicyclic amines) is 1. The number of benzene rings is 1. The van der Waals surface area contributed by atoms with E-state index in [1.165, 1.54) is 0 Å². The third-order valence-corrected chi connectivity index (χ3v) is 3.15. The van der Waals surface area contributed by atoms with E-state index >= 15 is 0 Å². The number of amides is 1. The number of carbonyl (C=O) groups excluding carboxylic acids is 1. The standard InChI is InChI=1S/C14H19NO2/c1-2-17-13-8-10-15(11-9-13)14(16)12-6-4-3-5-7-12/h3-7,13H,2,8-11H2,1H3. The van der Waals surface area contributed by atoms with Gasteiger partial charge in [-0.25, -0.2) is 0 Å². The van der Waals surface area contributed by atoms with Gasteiger partial charge in [0.1, 0.15) is 0 Å². The van der Waals surface area contributed by atoms with Gasteiger partial charge in [-0.3, -0.25) is 4.79 Å². The third-order valence-electron chi connectivity index (χ3n) is 3.15. The van der Waals surface area contributed by atoms with Crippen molar-refractivity contribution in [2.45, 2.75) is 25.9 Å². The van der Waals surface area contributed by atoms with Crippen LogP contribution in [0.2, 0.25) is 0 Å². The molecule has 0 atom stereocenters. The highest BCUT2D eigenvalue weighted by atomic mass is 16.5. The molecule has 17 heavy (non-hydrogen) atoms. The Balaban J connectivity index is 1.91. The van der Waals surface area contributed by atoms with Gasteiger partial charge >= 0.3 is 0 Å². The summed E-state index contributed by atoms with van der Waals surface area (Å²) in [6.07, 6.45) is 2.23. The minimum Gasteiger partial charge on any atom is -0.378 e. The lowest BCUT2D eigenvalue weighted by Gasteiger charge is -2.31. The molecule has 1 fully saturated rings. The van der Waals surface area contributed by atoms with Gasteiger partial charge in [0, 0.05) is 25.3 Å². The number of hydrogen-bond acceptors (Lipinski definition) is 2. The molecular weight excluding hydrogens is 214 g/mol. The number of rotatable bonds is 3. The second-order valence-corrected chi connectivity index (χ2v) is 4.31. The van der Waals surface area contributed by atoms with Gasteiger partial charge in [0.2, 0.25) is 0 Å². The lowest BCUT2D eigenvalue weighted by Crippen LogP contribution is -2.40. The fraction of sp³-hybridized carbons (Fsp3) is 0.500. The lowest BCUT2D eigenvalue weighted by atomic mass is 10.1. The van der Waals surface area contributed by atoms with Crippen molar-refractivity contribution in [1.82, 2.24) is 4.90 Å². The fourth-order valence-electron chi connectivity index (χ4n) is 2.22. The maximum Gasteiger partial charge on any atom is 0.253 e. The Morgan fingerprint density at radius 2 is 1.94 bits per heavy atom. The molecule has 0 spiro atoms. The summed E-state index contributed by atoms with van der Waals surface area (Å²) in [7, 11) is 0. The Labute approximate surface area is 102 Å². The van der Waals surface area contributed by atoms with E-state index in [9.17, 15) is 4.79 Å². The van der Waals surface area contributed by atoms with Crippen LogP contribution in [0.4, 0.5) is 0 Å². The number of carbonyl (C=O) groups is 1. The van der Waals surface area contributed by atoms with Crippen molar-refractivity contribution in [1.29, 1.82) is 0 Å². The third kappa shape index (κ3) is 3.07. The molecule has 1 aromatic rings. The van der Waals surface area contributed by atoms with Gasteiger partial charge in [-0.1, -0.05) is 18.2 Å². The predicted molar refractivity (Wildman–Crippen MR) is 67.0 cm³/mol. The Morgan fingerprint density at radius 3 is 2.53 bits per heavy atom. The molecule has 1 amide bonds. The van der Waals surface area contributed by atoms with E-state index < -0.39 is 0 Å². The first-order valence-electron chi connectivity index (χ1n) is 6.27. The summed E-state index contributed by atoms with van der Waals surface area (Å²) in [4.78, 5) is 14.1. The molecule has 92 valence electrons. The molecule has 0 bridgehead atoms. The smallest absolute Gasteiger partial charge is 0.253 e. The highest BCUT2D eigenvalue weighted by Crippen LogP contribution is 2.16. The monoisotopic (exact) mass is 233 g/mol. The minimum atomic E-state index is 0.139. The zero-order valence-corrected chi connectivity index (χ0v) is 10.3. The fourth-order valence-corrected chi connectivity index (χ4v) is 2.22. The first kappa shape index (κ1) is 12.1. The van der Waals surface area contributed by atoms with Gasteiger partial charge in [-0.05, 0) is 31.9 Å². The quantitative estimate of drug-likeness (QED) is 0.802. The number of nitrogens with zero attached hydrogens (tertiary/aromatic N) is 1. The van der Waals surface area contributed by atoms with Crippen LogP contribution < -0.4 is 0 Å². The van der Waals surface area contributed by atoms with Crippen LogP contribution in [-0.4, -0.2) is 36.6 Å². The normalized spacial score (nSPS) is 17.1. The molecule has 0 unspecified atom stereocenters. The van der Waals surface area contributed by atoms with Gasteiger partial charge in [0.25, 0.3) is 5.91 Å². The molecule has 0 N–H and O–H groups in total. The van der Waals surface area contributed by atoms with Crippen LogP contribution in [0.3, 0.4) is 0 Å². The van der Waals surface area contributed by atoms with Crippen molar-refractivity contribution in [2.24, 2.45) is 0 Å². The number of piperidine rings is 1. The van der Waals surface area contributed by atoms with Crippen molar-refractivity contribution in [2.75, 3.05) is 19.7 Å². The van der Waals surface area contributed by atoms with Crippen molar-refractivity contribution in [3.8, 4) is 0 Å². The summed E-state index contributed by atoms with van der Waals surface area (Å²) in [5.74, 6) is 0.139. The zero-order valence-electron chi connectivity index (χ0n) is 10.3. The average molecular weight is 233 g/mol. The van der Waals surface area contributed by atoms with Crippen LogP contribution in [0.25, 0.3) is 0 Å². The molecule has 1 aromatic carbocycles. The second-order valence-electron chi connectivity index (χ2n) is 4.31. The Bertz CT molecular complexity index is 356. The molecule has 1 saturated heterocycles. The van der Waals surface area contributed by atoms with E-state index in [2.05, 4.69) is 0 Å². The van der Waals surface area contributed by atoms with Crippen LogP contribution >= 0.6 is 0 Å². The van der Waals surface area contributed by atoms with E-state index in [-0.39, 0.29) is 5.91 Å². The molecule has 1 aliphatic heterocycles. The lowest BCUT2D eigenvalue weighted by molar-refractivity contribution is 0.0146. The first-order chi connectivity index (χ1) is 8.31. The molecule has 1 heterocycles. The van der Waals surface area contributed by atoms with Gasteiger partial charge < -0.3 is 9.64 Å². The van der Waals surface area contributed by atoms with Gasteiger partial charge in [-0.2, -0.15) is 0 Å². The molecule has 1 aliphatic rings. The summed E-state index contributed by atoms with van der Waals surface area (Å²) in [5, 5.41) is 0. The molecule has 3 heteroatoms. The van der Waals surface area contributed by atoms with Crippen molar-refractivity contribution in [3.63, 3.8) is 0 Å². The second kappa shape index (κ2) is 5.82. The van der Waals surface area contributed by atoms with E-state index in [1.54, 1.807) is 0 Å². The van der Waals surface area contributed by atoms with Crippen molar-refractivity contribution < 1.29 is 9.53 Å². The van der Waals surface area contributed by atoms with Crippen LogP contribution in [0.5, 0.6) is 0 Å². The Hall–Kier alpha value is -1.35. The SMILES string of the molecule is CCOC1CCN(C(=O)c2ccccc2)CC1. The van der Waals surface area contributed by atoms with Crippen LogP contribution in [-0.2, 0) is 4.74 Å². The molecule has 3 nitrogen and oxygen atoms in total. The minimum absolute atomic E-state index is 0.139. The zero-order chi connectivity index (χ0) is 12.1. The number of hydrogen-bond donors (Lipinski definition) is 0. The highest BCUT2D eigenvalue weighted by Gasteiger charge is 2.23. The predicted octanol–water partition coefficient (Wildman–Crippen LogP) is 2.33. The van der Waals surface area contributed by atoms with E-state index in [0.717, 1.165) is 38.1 Å². The van der Waals surface area contributed by atoms with Crippen molar-refractivity contribution in [3.05, 3.63) is 35.9 Å². The molecule has 0 aromatic heterocycles. The molecular formula is C14H19NO2. The summed E-state index contributed by atoms with van der Waals surface area (Å²) in [6.45, 7) is 4.38. The topological polar surface area (TPSA) is 29.5 Å². The van der Waals surface area contributed by atoms with Gasteiger partial charge in [-0.15, -0.1) is 0 Å². The average Bonchev–Trinajstić information content (AvgIpc) is 2.40. The molecule has 0 saturated carbocycles. The van der Waals surface area contributed by atoms with Crippen LogP contribution in [0.1, 0.15) is 30.1 Å². The number of ether oxygens (including phenoxy) is 1.